The topological polar surface area (TPSA) is 58.6 Å². The zero-order valence-electron chi connectivity index (χ0n) is 16.5. The summed E-state index contributed by atoms with van der Waals surface area (Å²) in [5.41, 5.74) is 2.12. The lowest BCUT2D eigenvalue weighted by molar-refractivity contribution is -0.122. The molecule has 0 saturated heterocycles. The zero-order valence-corrected chi connectivity index (χ0v) is 16.5. The Labute approximate surface area is 170 Å². The summed E-state index contributed by atoms with van der Waals surface area (Å²) in [5.74, 6) is 0.233. The van der Waals surface area contributed by atoms with Gasteiger partial charge in [0, 0.05) is 24.8 Å². The average molecular weight is 388 g/mol. The third-order valence-corrected chi connectivity index (χ3v) is 4.41. The van der Waals surface area contributed by atoms with Gasteiger partial charge in [0.1, 0.15) is 5.75 Å². The number of carbonyl (C=O) groups excluding carboxylic acids is 2. The Bertz CT molecular complexity index is 958. The summed E-state index contributed by atoms with van der Waals surface area (Å²) in [4.78, 5) is 26.8. The largest absolute Gasteiger partial charge is 0.481 e. The van der Waals surface area contributed by atoms with Crippen molar-refractivity contribution in [2.75, 3.05) is 12.4 Å². The van der Waals surface area contributed by atoms with Crippen LogP contribution in [0, 0.1) is 0 Å². The van der Waals surface area contributed by atoms with Crippen LogP contribution in [-0.4, -0.2) is 29.9 Å². The average Bonchev–Trinajstić information content (AvgIpc) is 2.74. The Morgan fingerprint density at radius 2 is 1.59 bits per heavy atom. The lowest BCUT2D eigenvalue weighted by atomic mass is 10.1. The van der Waals surface area contributed by atoms with Gasteiger partial charge in [0.15, 0.2) is 6.10 Å². The standard InChI is InChI=1S/C24H24N2O3/c1-18(29-22-14-7-4-8-15-22)23(27)25-21-13-9-12-20(16-21)24(28)26(2)17-19-10-5-3-6-11-19/h3-16,18H,17H2,1-2H3,(H,25,27). The highest BCUT2D eigenvalue weighted by molar-refractivity contribution is 5.98. The molecule has 0 aliphatic rings. The highest BCUT2D eigenvalue weighted by atomic mass is 16.5. The molecule has 3 aromatic rings. The molecule has 0 aliphatic carbocycles. The van der Waals surface area contributed by atoms with E-state index < -0.39 is 6.10 Å². The monoisotopic (exact) mass is 388 g/mol. The summed E-state index contributed by atoms with van der Waals surface area (Å²) >= 11 is 0. The van der Waals surface area contributed by atoms with E-state index in [2.05, 4.69) is 5.32 Å². The van der Waals surface area contributed by atoms with Gasteiger partial charge in [0.05, 0.1) is 0 Å². The van der Waals surface area contributed by atoms with Gasteiger partial charge in [-0.2, -0.15) is 0 Å². The Hall–Kier alpha value is -3.60. The first kappa shape index (κ1) is 20.1. The first-order chi connectivity index (χ1) is 14.0. The van der Waals surface area contributed by atoms with E-state index >= 15 is 0 Å². The number of nitrogens with one attached hydrogen (secondary N) is 1. The second-order valence-corrected chi connectivity index (χ2v) is 6.79. The molecule has 0 aromatic heterocycles. The Morgan fingerprint density at radius 1 is 0.931 bits per heavy atom. The number of ether oxygens (including phenoxy) is 1. The van der Waals surface area contributed by atoms with Crippen molar-refractivity contribution < 1.29 is 14.3 Å². The third kappa shape index (κ3) is 5.69. The fourth-order valence-corrected chi connectivity index (χ4v) is 2.88. The molecule has 148 valence electrons. The van der Waals surface area contributed by atoms with Crippen LogP contribution in [0.1, 0.15) is 22.8 Å². The lowest BCUT2D eigenvalue weighted by Crippen LogP contribution is -2.30. The summed E-state index contributed by atoms with van der Waals surface area (Å²) < 4.78 is 5.64. The van der Waals surface area contributed by atoms with E-state index in [1.165, 1.54) is 0 Å². The van der Waals surface area contributed by atoms with Crippen molar-refractivity contribution in [3.63, 3.8) is 0 Å². The van der Waals surface area contributed by atoms with Crippen molar-refractivity contribution in [2.45, 2.75) is 19.6 Å². The molecule has 3 aromatic carbocycles. The van der Waals surface area contributed by atoms with E-state index in [4.69, 9.17) is 4.74 Å². The number of rotatable bonds is 7. The first-order valence-electron chi connectivity index (χ1n) is 9.45. The van der Waals surface area contributed by atoms with E-state index in [0.717, 1.165) is 5.56 Å². The van der Waals surface area contributed by atoms with E-state index in [1.807, 2.05) is 48.5 Å². The molecule has 5 nitrogen and oxygen atoms in total. The maximum Gasteiger partial charge on any atom is 0.265 e. The molecular weight excluding hydrogens is 364 g/mol. The van der Waals surface area contributed by atoms with Crippen LogP contribution in [0.5, 0.6) is 5.75 Å². The minimum Gasteiger partial charge on any atom is -0.481 e. The van der Waals surface area contributed by atoms with Crippen molar-refractivity contribution in [3.8, 4) is 5.75 Å². The van der Waals surface area contributed by atoms with Crippen LogP contribution in [0.25, 0.3) is 0 Å². The minimum atomic E-state index is -0.669. The molecule has 29 heavy (non-hydrogen) atoms. The molecule has 0 aliphatic heterocycles. The van der Waals surface area contributed by atoms with Crippen molar-refractivity contribution >= 4 is 17.5 Å². The SMILES string of the molecule is CC(Oc1ccccc1)C(=O)Nc1cccc(C(=O)N(C)Cc2ccccc2)c1. The predicted molar refractivity (Wildman–Crippen MR) is 114 cm³/mol. The predicted octanol–water partition coefficient (Wildman–Crippen LogP) is 4.36. The normalized spacial score (nSPS) is 11.4. The molecule has 0 saturated carbocycles. The Kier molecular flexibility index (Phi) is 6.63. The zero-order chi connectivity index (χ0) is 20.6. The number of amides is 2. The lowest BCUT2D eigenvalue weighted by Gasteiger charge is -2.18. The first-order valence-corrected chi connectivity index (χ1v) is 9.45. The minimum absolute atomic E-state index is 0.112. The molecular formula is C24H24N2O3. The molecule has 0 heterocycles. The molecule has 2 amide bonds. The van der Waals surface area contributed by atoms with Crippen LogP contribution in [0.15, 0.2) is 84.9 Å². The van der Waals surface area contributed by atoms with Crippen LogP contribution in [0.2, 0.25) is 0 Å². The third-order valence-electron chi connectivity index (χ3n) is 4.41. The quantitative estimate of drug-likeness (QED) is 0.654. The second-order valence-electron chi connectivity index (χ2n) is 6.79. The van der Waals surface area contributed by atoms with Crippen molar-refractivity contribution in [2.24, 2.45) is 0 Å². The van der Waals surface area contributed by atoms with Gasteiger partial charge in [-0.25, -0.2) is 0 Å². The molecule has 0 spiro atoms. The molecule has 1 unspecified atom stereocenters. The molecule has 0 radical (unpaired) electrons. The van der Waals surface area contributed by atoms with E-state index in [9.17, 15) is 9.59 Å². The number of carbonyl (C=O) groups is 2. The Balaban J connectivity index is 1.62. The van der Waals surface area contributed by atoms with Gasteiger partial charge < -0.3 is 15.0 Å². The van der Waals surface area contributed by atoms with Crippen molar-refractivity contribution in [1.82, 2.24) is 4.90 Å². The summed E-state index contributed by atoms with van der Waals surface area (Å²) in [6.45, 7) is 2.20. The van der Waals surface area contributed by atoms with Crippen LogP contribution >= 0.6 is 0 Å². The fraction of sp³-hybridized carbons (Fsp3) is 0.167. The van der Waals surface area contributed by atoms with Gasteiger partial charge in [-0.1, -0.05) is 54.6 Å². The van der Waals surface area contributed by atoms with Crippen LogP contribution in [0.3, 0.4) is 0 Å². The van der Waals surface area contributed by atoms with Gasteiger partial charge in [0.25, 0.3) is 11.8 Å². The molecule has 5 heteroatoms. The van der Waals surface area contributed by atoms with Gasteiger partial charge in [-0.3, -0.25) is 9.59 Å². The van der Waals surface area contributed by atoms with E-state index in [-0.39, 0.29) is 11.8 Å². The van der Waals surface area contributed by atoms with E-state index in [1.54, 1.807) is 55.3 Å². The molecule has 0 bridgehead atoms. The van der Waals surface area contributed by atoms with Gasteiger partial charge in [-0.05, 0) is 42.8 Å². The number of hydrogen-bond acceptors (Lipinski definition) is 3. The second kappa shape index (κ2) is 9.55. The van der Waals surface area contributed by atoms with Gasteiger partial charge in [-0.15, -0.1) is 0 Å². The molecule has 3 rings (SSSR count). The van der Waals surface area contributed by atoms with E-state index in [0.29, 0.717) is 23.5 Å². The molecule has 0 fully saturated rings. The highest BCUT2D eigenvalue weighted by Crippen LogP contribution is 2.16. The number of hydrogen-bond donors (Lipinski definition) is 1. The maximum atomic E-state index is 12.8. The fourth-order valence-electron chi connectivity index (χ4n) is 2.88. The summed E-state index contributed by atoms with van der Waals surface area (Å²) in [7, 11) is 1.76. The van der Waals surface area contributed by atoms with Crippen molar-refractivity contribution in [1.29, 1.82) is 0 Å². The summed E-state index contributed by atoms with van der Waals surface area (Å²) in [5, 5.41) is 2.81. The van der Waals surface area contributed by atoms with Crippen LogP contribution < -0.4 is 10.1 Å². The molecule has 1 atom stereocenters. The van der Waals surface area contributed by atoms with Crippen LogP contribution in [-0.2, 0) is 11.3 Å². The number of para-hydroxylation sites is 1. The molecule has 1 N–H and O–H groups in total. The summed E-state index contributed by atoms with van der Waals surface area (Å²) in [6.07, 6.45) is -0.669. The Morgan fingerprint density at radius 3 is 2.28 bits per heavy atom. The number of anilines is 1. The number of benzene rings is 3. The van der Waals surface area contributed by atoms with Gasteiger partial charge in [0.2, 0.25) is 0 Å². The summed E-state index contributed by atoms with van der Waals surface area (Å²) in [6, 6.07) is 25.9. The maximum absolute atomic E-state index is 12.8. The van der Waals surface area contributed by atoms with Crippen molar-refractivity contribution in [3.05, 3.63) is 96.1 Å². The van der Waals surface area contributed by atoms with Gasteiger partial charge >= 0.3 is 0 Å². The highest BCUT2D eigenvalue weighted by Gasteiger charge is 2.17. The van der Waals surface area contributed by atoms with Crippen LogP contribution in [0.4, 0.5) is 5.69 Å². The smallest absolute Gasteiger partial charge is 0.265 e. The number of nitrogens with zero attached hydrogens (tertiary/aromatic N) is 1.